The fraction of sp³-hybridized carbons (Fsp3) is 0.182. The highest BCUT2D eigenvalue weighted by Gasteiger charge is 2.27. The zero-order valence-electron chi connectivity index (χ0n) is 16.3. The molecule has 0 spiro atoms. The second-order valence-electron chi connectivity index (χ2n) is 6.70. The molecule has 154 valence electrons. The molecule has 0 radical (unpaired) electrons. The number of primary amides is 1. The number of carbonyl (C=O) groups is 3. The van der Waals surface area contributed by atoms with E-state index in [4.69, 9.17) is 5.73 Å². The zero-order valence-corrected chi connectivity index (χ0v) is 16.3. The van der Waals surface area contributed by atoms with Crippen LogP contribution in [0, 0.1) is 5.82 Å². The molecule has 8 heteroatoms. The number of benzene rings is 2. The van der Waals surface area contributed by atoms with Crippen molar-refractivity contribution < 1.29 is 18.8 Å². The lowest BCUT2D eigenvalue weighted by Crippen LogP contribution is -2.47. The molecule has 0 saturated heterocycles. The van der Waals surface area contributed by atoms with Gasteiger partial charge in [-0.2, -0.15) is 5.10 Å². The smallest absolute Gasteiger partial charge is 0.287 e. The van der Waals surface area contributed by atoms with E-state index < -0.39 is 29.5 Å². The molecule has 3 N–H and O–H groups in total. The number of Topliss-reactive ketones (excluding diaryl/α,β-unsaturated/α-hetero) is 1. The van der Waals surface area contributed by atoms with Crippen LogP contribution in [0.1, 0.15) is 22.8 Å². The number of aromatic nitrogens is 2. The third-order valence-corrected chi connectivity index (χ3v) is 4.60. The first-order valence-corrected chi connectivity index (χ1v) is 9.41. The number of carbonyl (C=O) groups excluding carboxylic acids is 3. The summed E-state index contributed by atoms with van der Waals surface area (Å²) in [6.07, 6.45) is 1.66. The zero-order chi connectivity index (χ0) is 21.7. The number of nitrogens with zero attached hydrogens (tertiary/aromatic N) is 2. The van der Waals surface area contributed by atoms with Crippen molar-refractivity contribution in [1.29, 1.82) is 0 Å². The number of aryl methyl sites for hydroxylation is 1. The van der Waals surface area contributed by atoms with E-state index in [2.05, 4.69) is 10.4 Å². The van der Waals surface area contributed by atoms with Crippen LogP contribution in [0.15, 0.2) is 60.8 Å². The number of ketones is 1. The molecule has 1 atom stereocenters. The molecule has 1 unspecified atom stereocenters. The van der Waals surface area contributed by atoms with Crippen LogP contribution >= 0.6 is 0 Å². The van der Waals surface area contributed by atoms with Crippen molar-refractivity contribution in [2.24, 2.45) is 5.73 Å². The minimum Gasteiger partial charge on any atom is -0.363 e. The average Bonchev–Trinajstić information content (AvgIpc) is 3.18. The maximum atomic E-state index is 13.3. The molecule has 3 rings (SSSR count). The van der Waals surface area contributed by atoms with E-state index in [0.717, 1.165) is 5.56 Å². The van der Waals surface area contributed by atoms with Crippen molar-refractivity contribution in [3.05, 3.63) is 77.7 Å². The van der Waals surface area contributed by atoms with E-state index in [9.17, 15) is 18.8 Å². The first-order chi connectivity index (χ1) is 14.4. The number of halogens is 1. The van der Waals surface area contributed by atoms with Gasteiger partial charge in [0.15, 0.2) is 0 Å². The molecule has 1 heterocycles. The lowest BCUT2D eigenvalue weighted by Gasteiger charge is -2.16. The molecule has 3 aromatic rings. The van der Waals surface area contributed by atoms with Gasteiger partial charge in [-0.25, -0.2) is 4.39 Å². The van der Waals surface area contributed by atoms with Gasteiger partial charge in [0.1, 0.15) is 17.6 Å². The Morgan fingerprint density at radius 2 is 1.77 bits per heavy atom. The van der Waals surface area contributed by atoms with Crippen molar-refractivity contribution in [1.82, 2.24) is 15.1 Å². The van der Waals surface area contributed by atoms with Crippen molar-refractivity contribution in [3.63, 3.8) is 0 Å². The number of hydrogen-bond acceptors (Lipinski definition) is 4. The highest BCUT2D eigenvalue weighted by atomic mass is 19.1. The molecule has 30 heavy (non-hydrogen) atoms. The number of nitrogens with one attached hydrogen (secondary N) is 1. The van der Waals surface area contributed by atoms with Crippen LogP contribution in [0.25, 0.3) is 11.3 Å². The SMILES string of the molecule is CCn1cc(C(=O)NC(Cc2ccccc2)C(=O)C(N)=O)c(-c2ccc(F)cc2)n1. The van der Waals surface area contributed by atoms with Crippen LogP contribution < -0.4 is 11.1 Å². The summed E-state index contributed by atoms with van der Waals surface area (Å²) in [6.45, 7) is 2.37. The topological polar surface area (TPSA) is 107 Å². The fourth-order valence-corrected chi connectivity index (χ4v) is 3.04. The van der Waals surface area contributed by atoms with E-state index in [0.29, 0.717) is 17.8 Å². The maximum absolute atomic E-state index is 13.3. The molecule has 0 aliphatic rings. The monoisotopic (exact) mass is 408 g/mol. The van der Waals surface area contributed by atoms with Crippen molar-refractivity contribution in [2.75, 3.05) is 0 Å². The summed E-state index contributed by atoms with van der Waals surface area (Å²) in [5.74, 6) is -3.00. The summed E-state index contributed by atoms with van der Waals surface area (Å²) < 4.78 is 14.9. The van der Waals surface area contributed by atoms with Gasteiger partial charge in [0.25, 0.3) is 11.8 Å². The van der Waals surface area contributed by atoms with E-state index in [1.54, 1.807) is 35.1 Å². The summed E-state index contributed by atoms with van der Waals surface area (Å²) in [6, 6.07) is 13.4. The second-order valence-corrected chi connectivity index (χ2v) is 6.70. The Labute approximate surface area is 172 Å². The Balaban J connectivity index is 1.91. The molecule has 7 nitrogen and oxygen atoms in total. The molecule has 0 bridgehead atoms. The Morgan fingerprint density at radius 3 is 2.37 bits per heavy atom. The van der Waals surface area contributed by atoms with E-state index in [-0.39, 0.29) is 12.0 Å². The molecule has 2 amide bonds. The molecular weight excluding hydrogens is 387 g/mol. The lowest BCUT2D eigenvalue weighted by atomic mass is 10.0. The Bertz CT molecular complexity index is 1060. The number of rotatable bonds is 8. The Kier molecular flexibility index (Phi) is 6.36. The van der Waals surface area contributed by atoms with Gasteiger partial charge in [-0.3, -0.25) is 19.1 Å². The first-order valence-electron chi connectivity index (χ1n) is 9.41. The van der Waals surface area contributed by atoms with Gasteiger partial charge in [0.2, 0.25) is 5.78 Å². The highest BCUT2D eigenvalue weighted by molar-refractivity contribution is 6.38. The molecule has 0 fully saturated rings. The maximum Gasteiger partial charge on any atom is 0.287 e. The molecule has 0 saturated carbocycles. The van der Waals surface area contributed by atoms with Gasteiger partial charge >= 0.3 is 0 Å². The highest BCUT2D eigenvalue weighted by Crippen LogP contribution is 2.23. The number of nitrogens with two attached hydrogens (primary N) is 1. The van der Waals surface area contributed by atoms with E-state index in [1.165, 1.54) is 24.3 Å². The molecular formula is C22H21FN4O3. The molecule has 2 aromatic carbocycles. The van der Waals surface area contributed by atoms with Crippen molar-refractivity contribution in [3.8, 4) is 11.3 Å². The van der Waals surface area contributed by atoms with Crippen molar-refractivity contribution >= 4 is 17.6 Å². The van der Waals surface area contributed by atoms with Gasteiger partial charge in [-0.1, -0.05) is 30.3 Å². The normalized spacial score (nSPS) is 11.7. The third kappa shape index (κ3) is 4.78. The summed E-state index contributed by atoms with van der Waals surface area (Å²) in [7, 11) is 0. The van der Waals surface area contributed by atoms with Gasteiger partial charge < -0.3 is 11.1 Å². The van der Waals surface area contributed by atoms with Crippen LogP contribution in [0.4, 0.5) is 4.39 Å². The summed E-state index contributed by atoms with van der Waals surface area (Å²) in [4.78, 5) is 36.8. The summed E-state index contributed by atoms with van der Waals surface area (Å²) >= 11 is 0. The number of hydrogen-bond donors (Lipinski definition) is 2. The van der Waals surface area contributed by atoms with Gasteiger partial charge in [-0.15, -0.1) is 0 Å². The van der Waals surface area contributed by atoms with Crippen LogP contribution in [-0.2, 0) is 22.6 Å². The fourth-order valence-electron chi connectivity index (χ4n) is 3.04. The number of amides is 2. The Hall–Kier alpha value is -3.81. The predicted octanol–water partition coefficient (Wildman–Crippen LogP) is 2.10. The van der Waals surface area contributed by atoms with Crippen LogP contribution in [-0.4, -0.2) is 33.4 Å². The summed E-state index contributed by atoms with van der Waals surface area (Å²) in [5, 5.41) is 6.98. The standard InChI is InChI=1S/C22H21FN4O3/c1-2-27-13-17(19(26-27)15-8-10-16(23)11-9-15)22(30)25-18(20(28)21(24)29)12-14-6-4-3-5-7-14/h3-11,13,18H,2,12H2,1H3,(H2,24,29)(H,25,30). The molecule has 1 aromatic heterocycles. The summed E-state index contributed by atoms with van der Waals surface area (Å²) in [5.41, 5.74) is 7.04. The molecule has 0 aliphatic carbocycles. The minimum absolute atomic E-state index is 0.113. The van der Waals surface area contributed by atoms with Crippen LogP contribution in [0.5, 0.6) is 0 Å². The van der Waals surface area contributed by atoms with Crippen LogP contribution in [0.3, 0.4) is 0 Å². The third-order valence-electron chi connectivity index (χ3n) is 4.60. The van der Waals surface area contributed by atoms with Gasteiger partial charge in [-0.05, 0) is 36.8 Å². The largest absolute Gasteiger partial charge is 0.363 e. The Morgan fingerprint density at radius 1 is 1.10 bits per heavy atom. The lowest BCUT2D eigenvalue weighted by molar-refractivity contribution is -0.137. The predicted molar refractivity (Wildman–Crippen MR) is 109 cm³/mol. The van der Waals surface area contributed by atoms with Crippen LogP contribution in [0.2, 0.25) is 0 Å². The van der Waals surface area contributed by atoms with E-state index >= 15 is 0 Å². The van der Waals surface area contributed by atoms with Gasteiger partial charge in [0.05, 0.1) is 5.56 Å². The van der Waals surface area contributed by atoms with Crippen molar-refractivity contribution in [2.45, 2.75) is 25.9 Å². The minimum atomic E-state index is -1.13. The van der Waals surface area contributed by atoms with Gasteiger partial charge in [0, 0.05) is 24.7 Å². The quantitative estimate of drug-likeness (QED) is 0.557. The molecule has 0 aliphatic heterocycles. The first kappa shape index (κ1) is 20.9. The second kappa shape index (κ2) is 9.13. The van der Waals surface area contributed by atoms with E-state index in [1.807, 2.05) is 13.0 Å². The average molecular weight is 408 g/mol.